The van der Waals surface area contributed by atoms with Crippen molar-refractivity contribution in [1.82, 2.24) is 9.78 Å². The van der Waals surface area contributed by atoms with Crippen molar-refractivity contribution in [2.45, 2.75) is 19.9 Å². The molecule has 0 saturated carbocycles. The van der Waals surface area contributed by atoms with Crippen molar-refractivity contribution >= 4 is 10.1 Å². The fourth-order valence-corrected chi connectivity index (χ4v) is 1.70. The van der Waals surface area contributed by atoms with Gasteiger partial charge in [-0.3, -0.25) is 19.1 Å². The minimum atomic E-state index is -3.97. The highest BCUT2D eigenvalue weighted by atomic mass is 32.2. The summed E-state index contributed by atoms with van der Waals surface area (Å²) in [6.45, 7) is 2.41. The molecule has 0 amide bonds. The van der Waals surface area contributed by atoms with Gasteiger partial charge >= 0.3 is 0 Å². The molecule has 0 atom stereocenters. The molecule has 1 aromatic heterocycles. The molecule has 0 fully saturated rings. The van der Waals surface area contributed by atoms with E-state index in [1.807, 2.05) is 0 Å². The van der Waals surface area contributed by atoms with Crippen LogP contribution in [0.3, 0.4) is 0 Å². The molecule has 0 aliphatic carbocycles. The molecule has 0 aliphatic rings. The summed E-state index contributed by atoms with van der Waals surface area (Å²) in [4.78, 5) is 11.3. The highest BCUT2D eigenvalue weighted by Crippen LogP contribution is 2.01. The molecule has 0 radical (unpaired) electrons. The van der Waals surface area contributed by atoms with Crippen molar-refractivity contribution in [1.29, 1.82) is 0 Å². The van der Waals surface area contributed by atoms with E-state index in [1.165, 1.54) is 10.7 Å². The van der Waals surface area contributed by atoms with Gasteiger partial charge in [0, 0.05) is 6.54 Å². The van der Waals surface area contributed by atoms with Gasteiger partial charge in [-0.25, -0.2) is 0 Å². The van der Waals surface area contributed by atoms with Crippen molar-refractivity contribution in [2.75, 3.05) is 12.4 Å². The van der Waals surface area contributed by atoms with Crippen molar-refractivity contribution in [3.8, 4) is 5.88 Å². The standard InChI is InChI=1S/C8H14N2O5S/c1-2-15-7-6-8(11)10(9-7)4-3-5-16(12,13)14/h6,9H,2-5H2,1H3,(H,12,13,14). The van der Waals surface area contributed by atoms with E-state index in [0.717, 1.165) is 0 Å². The number of hydrogen-bond acceptors (Lipinski definition) is 4. The second-order valence-corrected chi connectivity index (χ2v) is 4.75. The summed E-state index contributed by atoms with van der Waals surface area (Å²) in [6.07, 6.45) is 0.158. The first-order valence-electron chi connectivity index (χ1n) is 4.80. The number of aryl methyl sites for hydroxylation is 1. The summed E-state index contributed by atoms with van der Waals surface area (Å²) in [7, 11) is -3.97. The molecule has 7 nitrogen and oxygen atoms in total. The third-order valence-corrected chi connectivity index (χ3v) is 2.65. The molecule has 0 aliphatic heterocycles. The minimum absolute atomic E-state index is 0.158. The molecule has 1 heterocycles. The van der Waals surface area contributed by atoms with Crippen LogP contribution in [0.15, 0.2) is 10.9 Å². The second-order valence-electron chi connectivity index (χ2n) is 3.18. The van der Waals surface area contributed by atoms with Crippen LogP contribution in [0.25, 0.3) is 0 Å². The number of rotatable bonds is 6. The Hall–Kier alpha value is -1.28. The summed E-state index contributed by atoms with van der Waals surface area (Å²) < 4.78 is 35.7. The first kappa shape index (κ1) is 12.8. The van der Waals surface area contributed by atoms with E-state index < -0.39 is 10.1 Å². The van der Waals surface area contributed by atoms with Gasteiger partial charge in [0.1, 0.15) is 0 Å². The summed E-state index contributed by atoms with van der Waals surface area (Å²) in [5.74, 6) is -0.0260. The number of aromatic nitrogens is 2. The van der Waals surface area contributed by atoms with Crippen LogP contribution in [0.2, 0.25) is 0 Å². The molecule has 16 heavy (non-hydrogen) atoms. The highest BCUT2D eigenvalue weighted by molar-refractivity contribution is 7.85. The molecule has 0 spiro atoms. The van der Waals surface area contributed by atoms with E-state index in [1.54, 1.807) is 6.92 Å². The first-order chi connectivity index (χ1) is 7.42. The second kappa shape index (κ2) is 5.17. The van der Waals surface area contributed by atoms with Crippen LogP contribution in [0.4, 0.5) is 0 Å². The minimum Gasteiger partial charge on any atom is -0.478 e. The third kappa shape index (κ3) is 4.07. The maximum atomic E-state index is 11.3. The van der Waals surface area contributed by atoms with E-state index in [2.05, 4.69) is 5.10 Å². The van der Waals surface area contributed by atoms with Gasteiger partial charge in [-0.2, -0.15) is 8.42 Å². The highest BCUT2D eigenvalue weighted by Gasteiger charge is 2.07. The number of H-pyrrole nitrogens is 1. The Balaban J connectivity index is 2.57. The van der Waals surface area contributed by atoms with E-state index in [-0.39, 0.29) is 24.3 Å². The van der Waals surface area contributed by atoms with Gasteiger partial charge in [0.05, 0.1) is 18.4 Å². The Bertz CT molecular complexity index is 487. The molecule has 1 rings (SSSR count). The zero-order valence-electron chi connectivity index (χ0n) is 8.84. The molecule has 8 heteroatoms. The molecular weight excluding hydrogens is 236 g/mol. The van der Waals surface area contributed by atoms with Crippen molar-refractivity contribution < 1.29 is 17.7 Å². The Morgan fingerprint density at radius 3 is 2.81 bits per heavy atom. The van der Waals surface area contributed by atoms with Crippen LogP contribution in [0.1, 0.15) is 13.3 Å². The Morgan fingerprint density at radius 2 is 2.25 bits per heavy atom. The van der Waals surface area contributed by atoms with Crippen LogP contribution in [0, 0.1) is 0 Å². The lowest BCUT2D eigenvalue weighted by Gasteiger charge is -2.01. The van der Waals surface area contributed by atoms with E-state index in [9.17, 15) is 13.2 Å². The Labute approximate surface area is 92.8 Å². The topological polar surface area (TPSA) is 101 Å². The normalized spacial score (nSPS) is 11.6. The summed E-state index contributed by atoms with van der Waals surface area (Å²) in [6, 6.07) is 1.29. The average molecular weight is 250 g/mol. The molecule has 0 unspecified atom stereocenters. The van der Waals surface area contributed by atoms with Crippen LogP contribution in [0.5, 0.6) is 5.88 Å². The van der Waals surface area contributed by atoms with Gasteiger partial charge in [-0.05, 0) is 13.3 Å². The average Bonchev–Trinajstić information content (AvgIpc) is 2.45. The van der Waals surface area contributed by atoms with Gasteiger partial charge in [-0.1, -0.05) is 0 Å². The van der Waals surface area contributed by atoms with Gasteiger partial charge in [0.25, 0.3) is 15.7 Å². The van der Waals surface area contributed by atoms with Crippen LogP contribution >= 0.6 is 0 Å². The van der Waals surface area contributed by atoms with Crippen molar-refractivity contribution in [2.24, 2.45) is 0 Å². The maximum Gasteiger partial charge on any atom is 0.270 e. The lowest BCUT2D eigenvalue weighted by molar-refractivity contribution is 0.321. The SMILES string of the molecule is CCOc1cc(=O)n(CCCS(=O)(=O)O)[nH]1. The first-order valence-corrected chi connectivity index (χ1v) is 6.41. The largest absolute Gasteiger partial charge is 0.478 e. The lowest BCUT2D eigenvalue weighted by atomic mass is 10.5. The molecule has 1 aromatic rings. The summed E-state index contributed by atoms with van der Waals surface area (Å²) >= 11 is 0. The quantitative estimate of drug-likeness (QED) is 0.684. The molecular formula is C8H14N2O5S. The fourth-order valence-electron chi connectivity index (χ4n) is 1.21. The molecule has 0 saturated heterocycles. The van der Waals surface area contributed by atoms with Gasteiger partial charge in [-0.15, -0.1) is 0 Å². The number of aromatic amines is 1. The molecule has 2 N–H and O–H groups in total. The van der Waals surface area contributed by atoms with E-state index in [4.69, 9.17) is 9.29 Å². The summed E-state index contributed by atoms with van der Waals surface area (Å²) in [5, 5.41) is 2.67. The smallest absolute Gasteiger partial charge is 0.270 e. The zero-order valence-corrected chi connectivity index (χ0v) is 9.66. The summed E-state index contributed by atoms with van der Waals surface area (Å²) in [5.41, 5.74) is -0.293. The Morgan fingerprint density at radius 1 is 1.56 bits per heavy atom. The van der Waals surface area contributed by atoms with Crippen LogP contribution < -0.4 is 10.3 Å². The number of nitrogens with zero attached hydrogens (tertiary/aromatic N) is 1. The fraction of sp³-hybridized carbons (Fsp3) is 0.625. The number of nitrogens with one attached hydrogen (secondary N) is 1. The lowest BCUT2D eigenvalue weighted by Crippen LogP contribution is -2.18. The number of hydrogen-bond donors (Lipinski definition) is 2. The monoisotopic (exact) mass is 250 g/mol. The van der Waals surface area contributed by atoms with Crippen molar-refractivity contribution in [3.63, 3.8) is 0 Å². The maximum absolute atomic E-state index is 11.3. The predicted molar refractivity (Wildman–Crippen MR) is 57.3 cm³/mol. The molecule has 92 valence electrons. The van der Waals surface area contributed by atoms with Gasteiger partial charge < -0.3 is 4.74 Å². The van der Waals surface area contributed by atoms with Crippen LogP contribution in [-0.2, 0) is 16.7 Å². The van der Waals surface area contributed by atoms with E-state index in [0.29, 0.717) is 12.5 Å². The molecule has 0 aromatic carbocycles. The van der Waals surface area contributed by atoms with Gasteiger partial charge in [0.2, 0.25) is 5.88 Å². The van der Waals surface area contributed by atoms with Crippen molar-refractivity contribution in [3.05, 3.63) is 16.4 Å². The van der Waals surface area contributed by atoms with E-state index >= 15 is 0 Å². The number of ether oxygens (including phenoxy) is 1. The third-order valence-electron chi connectivity index (χ3n) is 1.85. The van der Waals surface area contributed by atoms with Gasteiger partial charge in [0.15, 0.2) is 0 Å². The van der Waals surface area contributed by atoms with Crippen LogP contribution in [-0.4, -0.2) is 35.1 Å². The Kier molecular flexibility index (Phi) is 4.13. The predicted octanol–water partition coefficient (Wildman–Crippen LogP) is -0.147. The zero-order chi connectivity index (χ0) is 12.2. The molecule has 0 bridgehead atoms.